The molecule has 0 aliphatic carbocycles. The Kier molecular flexibility index (Phi) is 5.21. The molecular formula is C22H23N3O4S. The van der Waals surface area contributed by atoms with E-state index < -0.39 is 10.0 Å². The van der Waals surface area contributed by atoms with Crippen LogP contribution in [0.4, 0.5) is 0 Å². The van der Waals surface area contributed by atoms with Crippen molar-refractivity contribution in [2.75, 3.05) is 13.7 Å². The second-order valence-electron chi connectivity index (χ2n) is 7.30. The van der Waals surface area contributed by atoms with Crippen LogP contribution in [-0.2, 0) is 23.0 Å². The number of aromatic nitrogens is 2. The monoisotopic (exact) mass is 425 g/mol. The molecule has 1 aromatic heterocycles. The average Bonchev–Trinajstić information content (AvgIpc) is 3.07. The van der Waals surface area contributed by atoms with Crippen LogP contribution >= 0.6 is 0 Å². The van der Waals surface area contributed by atoms with Crippen molar-refractivity contribution in [3.63, 3.8) is 0 Å². The third-order valence-corrected chi connectivity index (χ3v) is 7.55. The van der Waals surface area contributed by atoms with Crippen molar-refractivity contribution in [2.24, 2.45) is 0 Å². The summed E-state index contributed by atoms with van der Waals surface area (Å²) in [5.41, 5.74) is 3.20. The lowest BCUT2D eigenvalue weighted by molar-refractivity contribution is 0.0942. The summed E-state index contributed by atoms with van der Waals surface area (Å²) in [6, 6.07) is 14.5. The molecule has 4 rings (SSSR count). The van der Waals surface area contributed by atoms with Crippen LogP contribution < -0.4 is 4.74 Å². The Bertz CT molecular complexity index is 1210. The fraction of sp³-hybridized carbons (Fsp3) is 0.273. The number of rotatable bonds is 4. The quantitative estimate of drug-likeness (QED) is 0.642. The van der Waals surface area contributed by atoms with E-state index >= 15 is 0 Å². The molecule has 7 nitrogen and oxygen atoms in total. The average molecular weight is 426 g/mol. The molecular weight excluding hydrogens is 402 g/mol. The molecule has 0 radical (unpaired) electrons. The molecule has 3 aromatic rings. The summed E-state index contributed by atoms with van der Waals surface area (Å²) in [4.78, 5) is 13.1. The number of nitrogens with zero attached hydrogens (tertiary/aromatic N) is 3. The van der Waals surface area contributed by atoms with Crippen LogP contribution in [0.2, 0.25) is 0 Å². The zero-order chi connectivity index (χ0) is 21.5. The fourth-order valence-corrected chi connectivity index (χ4v) is 5.63. The highest BCUT2D eigenvalue weighted by atomic mass is 32.2. The Morgan fingerprint density at radius 3 is 2.37 bits per heavy atom. The van der Waals surface area contributed by atoms with Gasteiger partial charge in [0.05, 0.1) is 18.5 Å². The Morgan fingerprint density at radius 1 is 1.03 bits per heavy atom. The maximum atomic E-state index is 13.4. The van der Waals surface area contributed by atoms with Gasteiger partial charge in [0, 0.05) is 18.7 Å². The standard InChI is InChI=1S/C22H23N3O4S/c1-15-21(30(27,28)24-13-12-17-6-4-5-7-19(17)14-24)16(2)25(23-15)22(26)18-8-10-20(29-3)11-9-18/h4-11H,12-14H2,1-3H3. The van der Waals surface area contributed by atoms with Crippen LogP contribution in [0.3, 0.4) is 0 Å². The Hall–Kier alpha value is -2.97. The van der Waals surface area contributed by atoms with Gasteiger partial charge in [0.2, 0.25) is 10.0 Å². The zero-order valence-electron chi connectivity index (χ0n) is 17.1. The van der Waals surface area contributed by atoms with E-state index in [0.717, 1.165) is 5.56 Å². The number of methoxy groups -OCH3 is 1. The first-order valence-corrected chi connectivity index (χ1v) is 11.1. The van der Waals surface area contributed by atoms with Crippen LogP contribution in [-0.4, -0.2) is 42.1 Å². The third kappa shape index (κ3) is 3.42. The van der Waals surface area contributed by atoms with Crippen LogP contribution in [0.25, 0.3) is 0 Å². The summed E-state index contributed by atoms with van der Waals surface area (Å²) >= 11 is 0. The number of carbonyl (C=O) groups is 1. The Balaban J connectivity index is 1.68. The summed E-state index contributed by atoms with van der Waals surface area (Å²) < 4.78 is 34.6. The molecule has 1 aliphatic heterocycles. The molecule has 0 saturated carbocycles. The van der Waals surface area contributed by atoms with Gasteiger partial charge in [-0.25, -0.2) is 8.42 Å². The number of hydrogen-bond donors (Lipinski definition) is 0. The number of fused-ring (bicyclic) bond motifs is 1. The highest BCUT2D eigenvalue weighted by Gasteiger charge is 2.34. The van der Waals surface area contributed by atoms with Gasteiger partial charge in [-0.1, -0.05) is 24.3 Å². The van der Waals surface area contributed by atoms with Gasteiger partial charge in [-0.05, 0) is 55.7 Å². The van der Waals surface area contributed by atoms with Gasteiger partial charge in [-0.15, -0.1) is 0 Å². The summed E-state index contributed by atoms with van der Waals surface area (Å²) in [6.07, 6.45) is 0.659. The maximum absolute atomic E-state index is 13.4. The van der Waals surface area contributed by atoms with Gasteiger partial charge in [0.25, 0.3) is 5.91 Å². The zero-order valence-corrected chi connectivity index (χ0v) is 17.9. The van der Waals surface area contributed by atoms with Gasteiger partial charge in [-0.2, -0.15) is 14.1 Å². The first-order chi connectivity index (χ1) is 14.3. The predicted octanol–water partition coefficient (Wildman–Crippen LogP) is 2.94. The summed E-state index contributed by atoms with van der Waals surface area (Å²) in [5, 5.41) is 4.26. The number of ether oxygens (including phenoxy) is 1. The number of hydrogen-bond acceptors (Lipinski definition) is 5. The van der Waals surface area contributed by atoms with Gasteiger partial charge < -0.3 is 4.74 Å². The van der Waals surface area contributed by atoms with Crippen molar-refractivity contribution >= 4 is 15.9 Å². The van der Waals surface area contributed by atoms with E-state index in [1.54, 1.807) is 45.2 Å². The normalized spacial score (nSPS) is 14.4. The lowest BCUT2D eigenvalue weighted by Gasteiger charge is -2.28. The smallest absolute Gasteiger partial charge is 0.278 e. The molecule has 0 spiro atoms. The third-order valence-electron chi connectivity index (χ3n) is 5.45. The van der Waals surface area contributed by atoms with Crippen molar-refractivity contribution < 1.29 is 17.9 Å². The number of sulfonamides is 1. The maximum Gasteiger partial charge on any atom is 0.278 e. The van der Waals surface area contributed by atoms with E-state index in [2.05, 4.69) is 5.10 Å². The van der Waals surface area contributed by atoms with E-state index in [1.807, 2.05) is 24.3 Å². The molecule has 8 heteroatoms. The molecule has 0 unspecified atom stereocenters. The summed E-state index contributed by atoms with van der Waals surface area (Å²) in [5.74, 6) is 0.247. The van der Waals surface area contributed by atoms with Gasteiger partial charge in [0.1, 0.15) is 10.6 Å². The Morgan fingerprint density at radius 2 is 1.70 bits per heavy atom. The molecule has 0 saturated heterocycles. The molecule has 0 amide bonds. The van der Waals surface area contributed by atoms with E-state index in [0.29, 0.717) is 42.2 Å². The molecule has 0 fully saturated rings. The number of carbonyl (C=O) groups excluding carboxylic acids is 1. The second-order valence-corrected chi connectivity index (χ2v) is 9.18. The van der Waals surface area contributed by atoms with Crippen LogP contribution in [0, 0.1) is 13.8 Å². The molecule has 1 aliphatic rings. The molecule has 0 atom stereocenters. The SMILES string of the molecule is COc1ccc(C(=O)n2nc(C)c(S(=O)(=O)N3CCc4ccccc4C3)c2C)cc1. The lowest BCUT2D eigenvalue weighted by atomic mass is 10.0. The second kappa shape index (κ2) is 7.70. The van der Waals surface area contributed by atoms with Crippen LogP contribution in [0.1, 0.15) is 32.9 Å². The highest BCUT2D eigenvalue weighted by molar-refractivity contribution is 7.89. The van der Waals surface area contributed by atoms with Crippen LogP contribution in [0.5, 0.6) is 5.75 Å². The minimum Gasteiger partial charge on any atom is -0.497 e. The van der Waals surface area contributed by atoms with Crippen molar-refractivity contribution in [3.05, 3.63) is 76.6 Å². The van der Waals surface area contributed by atoms with E-state index in [9.17, 15) is 13.2 Å². The van der Waals surface area contributed by atoms with Crippen molar-refractivity contribution in [2.45, 2.75) is 31.7 Å². The summed E-state index contributed by atoms with van der Waals surface area (Å²) in [6.45, 7) is 3.95. The molecule has 0 N–H and O–H groups in total. The van der Waals surface area contributed by atoms with E-state index in [-0.39, 0.29) is 10.8 Å². The fourth-order valence-electron chi connectivity index (χ4n) is 3.86. The van der Waals surface area contributed by atoms with Crippen molar-refractivity contribution in [1.29, 1.82) is 0 Å². The van der Waals surface area contributed by atoms with E-state index in [4.69, 9.17) is 4.74 Å². The molecule has 30 heavy (non-hydrogen) atoms. The van der Waals surface area contributed by atoms with Gasteiger partial charge in [-0.3, -0.25) is 4.79 Å². The topological polar surface area (TPSA) is 81.5 Å². The van der Waals surface area contributed by atoms with E-state index in [1.165, 1.54) is 14.6 Å². The minimum atomic E-state index is -3.79. The largest absolute Gasteiger partial charge is 0.497 e. The minimum absolute atomic E-state index is 0.101. The van der Waals surface area contributed by atoms with Gasteiger partial charge >= 0.3 is 0 Å². The predicted molar refractivity (Wildman–Crippen MR) is 112 cm³/mol. The molecule has 0 bridgehead atoms. The Labute approximate surface area is 175 Å². The molecule has 2 heterocycles. The molecule has 2 aromatic carbocycles. The van der Waals surface area contributed by atoms with Crippen molar-refractivity contribution in [3.8, 4) is 5.75 Å². The lowest BCUT2D eigenvalue weighted by Crippen LogP contribution is -2.36. The summed E-state index contributed by atoms with van der Waals surface area (Å²) in [7, 11) is -2.24. The molecule has 156 valence electrons. The number of benzene rings is 2. The highest BCUT2D eigenvalue weighted by Crippen LogP contribution is 2.29. The van der Waals surface area contributed by atoms with Gasteiger partial charge in [0.15, 0.2) is 0 Å². The van der Waals surface area contributed by atoms with Crippen molar-refractivity contribution in [1.82, 2.24) is 14.1 Å². The van der Waals surface area contributed by atoms with Crippen LogP contribution in [0.15, 0.2) is 53.4 Å². The first-order valence-electron chi connectivity index (χ1n) is 9.65. The first kappa shape index (κ1) is 20.3. The number of aryl methyl sites for hydroxylation is 1.